The van der Waals surface area contributed by atoms with Crippen LogP contribution in [0.1, 0.15) is 47.8 Å². The smallest absolute Gasteiger partial charge is 0.343 e. The van der Waals surface area contributed by atoms with Crippen LogP contribution < -0.4 is 4.74 Å². The van der Waals surface area contributed by atoms with Crippen LogP contribution in [0.3, 0.4) is 0 Å². The third-order valence-electron chi connectivity index (χ3n) is 4.86. The second-order valence-corrected chi connectivity index (χ2v) is 7.47. The molecule has 0 bridgehead atoms. The number of hydrogen-bond donors (Lipinski definition) is 0. The van der Waals surface area contributed by atoms with E-state index in [9.17, 15) is 9.59 Å². The molecule has 3 aromatic rings. The molecule has 0 saturated heterocycles. The molecular weight excluding hydrogens is 376 g/mol. The van der Waals surface area contributed by atoms with E-state index in [2.05, 4.69) is 49.8 Å². The summed E-state index contributed by atoms with van der Waals surface area (Å²) in [4.78, 5) is 21.7. The zero-order chi connectivity index (χ0) is 22.1. The first kappa shape index (κ1) is 22.9. The second-order valence-electron chi connectivity index (χ2n) is 7.47. The topological polar surface area (TPSA) is 52.6 Å². The summed E-state index contributed by atoms with van der Waals surface area (Å²) in [6.45, 7) is 7.85. The quantitative estimate of drug-likeness (QED) is 0.412. The SMILES string of the molecule is COC(C)=O.Cc1ccc(C(C)(C)c2ccc(OC(=O)c3ccccc3)cc2)cc1. The van der Waals surface area contributed by atoms with Gasteiger partial charge in [0.05, 0.1) is 12.7 Å². The molecule has 0 spiro atoms. The third-order valence-corrected chi connectivity index (χ3v) is 4.86. The maximum Gasteiger partial charge on any atom is 0.343 e. The molecule has 0 aliphatic heterocycles. The van der Waals surface area contributed by atoms with E-state index in [4.69, 9.17) is 4.74 Å². The van der Waals surface area contributed by atoms with Crippen LogP contribution in [0.2, 0.25) is 0 Å². The Labute approximate surface area is 178 Å². The Morgan fingerprint density at radius 1 is 0.767 bits per heavy atom. The van der Waals surface area contributed by atoms with E-state index in [0.717, 1.165) is 0 Å². The van der Waals surface area contributed by atoms with Crippen LogP contribution in [0.5, 0.6) is 5.75 Å². The first-order valence-corrected chi connectivity index (χ1v) is 9.73. The van der Waals surface area contributed by atoms with E-state index in [-0.39, 0.29) is 17.4 Å². The fraction of sp³-hybridized carbons (Fsp3) is 0.231. The number of esters is 2. The van der Waals surface area contributed by atoms with E-state index in [0.29, 0.717) is 11.3 Å². The second kappa shape index (κ2) is 10.4. The number of carbonyl (C=O) groups is 2. The Kier molecular flexibility index (Phi) is 7.93. The van der Waals surface area contributed by atoms with Gasteiger partial charge < -0.3 is 9.47 Å². The molecule has 0 radical (unpaired) electrons. The molecule has 0 fully saturated rings. The van der Waals surface area contributed by atoms with Crippen molar-refractivity contribution in [1.82, 2.24) is 0 Å². The summed E-state index contributed by atoms with van der Waals surface area (Å²) in [7, 11) is 1.35. The highest BCUT2D eigenvalue weighted by molar-refractivity contribution is 5.90. The zero-order valence-electron chi connectivity index (χ0n) is 18.1. The normalized spacial score (nSPS) is 10.4. The number of methoxy groups -OCH3 is 1. The molecule has 0 heterocycles. The van der Waals surface area contributed by atoms with Crippen molar-refractivity contribution in [3.05, 3.63) is 101 Å². The van der Waals surface area contributed by atoms with Gasteiger partial charge in [-0.1, -0.05) is 74.0 Å². The van der Waals surface area contributed by atoms with Gasteiger partial charge in [0.25, 0.3) is 0 Å². The zero-order valence-corrected chi connectivity index (χ0v) is 18.1. The van der Waals surface area contributed by atoms with Gasteiger partial charge in [0.15, 0.2) is 0 Å². The molecule has 0 aliphatic rings. The lowest BCUT2D eigenvalue weighted by Crippen LogP contribution is -2.18. The van der Waals surface area contributed by atoms with Crippen LogP contribution in [0, 0.1) is 6.92 Å². The number of ether oxygens (including phenoxy) is 2. The van der Waals surface area contributed by atoms with Crippen LogP contribution in [-0.2, 0) is 14.9 Å². The fourth-order valence-corrected chi connectivity index (χ4v) is 2.82. The van der Waals surface area contributed by atoms with Crippen LogP contribution >= 0.6 is 0 Å². The molecule has 3 rings (SSSR count). The van der Waals surface area contributed by atoms with Gasteiger partial charge >= 0.3 is 11.9 Å². The van der Waals surface area contributed by atoms with Crippen molar-refractivity contribution in [3.8, 4) is 5.75 Å². The number of hydrogen-bond acceptors (Lipinski definition) is 4. The van der Waals surface area contributed by atoms with Crippen molar-refractivity contribution in [3.63, 3.8) is 0 Å². The summed E-state index contributed by atoms with van der Waals surface area (Å²) in [6, 6.07) is 25.4. The van der Waals surface area contributed by atoms with E-state index >= 15 is 0 Å². The van der Waals surface area contributed by atoms with Gasteiger partial charge in [0.1, 0.15) is 5.75 Å². The van der Waals surface area contributed by atoms with Gasteiger partial charge in [-0.05, 0) is 42.3 Å². The monoisotopic (exact) mass is 404 g/mol. The lowest BCUT2D eigenvalue weighted by molar-refractivity contribution is -0.137. The number of aryl methyl sites for hydroxylation is 1. The molecule has 0 aliphatic carbocycles. The van der Waals surface area contributed by atoms with E-state index in [1.54, 1.807) is 12.1 Å². The summed E-state index contributed by atoms with van der Waals surface area (Å²) in [5.41, 5.74) is 4.12. The molecular formula is C26H28O4. The average molecular weight is 405 g/mol. The fourth-order valence-electron chi connectivity index (χ4n) is 2.82. The molecule has 0 N–H and O–H groups in total. The molecule has 0 amide bonds. The molecule has 4 nitrogen and oxygen atoms in total. The maximum atomic E-state index is 12.1. The Hall–Kier alpha value is -3.40. The van der Waals surface area contributed by atoms with Gasteiger partial charge in [-0.3, -0.25) is 4.79 Å². The van der Waals surface area contributed by atoms with Crippen LogP contribution in [0.15, 0.2) is 78.9 Å². The van der Waals surface area contributed by atoms with Crippen molar-refractivity contribution in [1.29, 1.82) is 0 Å². The van der Waals surface area contributed by atoms with Gasteiger partial charge in [0.2, 0.25) is 0 Å². The first-order chi connectivity index (χ1) is 14.2. The number of rotatable bonds is 4. The molecule has 0 saturated carbocycles. The van der Waals surface area contributed by atoms with Gasteiger partial charge in [-0.2, -0.15) is 0 Å². The highest BCUT2D eigenvalue weighted by Gasteiger charge is 2.23. The summed E-state index contributed by atoms with van der Waals surface area (Å²) in [5.74, 6) is -0.0338. The van der Waals surface area contributed by atoms with E-state index < -0.39 is 0 Å². The minimum absolute atomic E-state index is 0.115. The van der Waals surface area contributed by atoms with Gasteiger partial charge in [-0.15, -0.1) is 0 Å². The largest absolute Gasteiger partial charge is 0.469 e. The lowest BCUT2D eigenvalue weighted by atomic mass is 9.78. The van der Waals surface area contributed by atoms with Crippen LogP contribution in [-0.4, -0.2) is 19.0 Å². The van der Waals surface area contributed by atoms with E-state index in [1.165, 1.54) is 30.7 Å². The van der Waals surface area contributed by atoms with Crippen molar-refractivity contribution < 1.29 is 19.1 Å². The van der Waals surface area contributed by atoms with Gasteiger partial charge in [-0.25, -0.2) is 4.79 Å². The molecule has 4 heteroatoms. The Morgan fingerprint density at radius 3 is 1.70 bits per heavy atom. The Balaban J connectivity index is 0.000000575. The van der Waals surface area contributed by atoms with Crippen LogP contribution in [0.25, 0.3) is 0 Å². The molecule has 0 aromatic heterocycles. The number of benzene rings is 3. The predicted molar refractivity (Wildman–Crippen MR) is 119 cm³/mol. The Bertz CT molecular complexity index is 956. The van der Waals surface area contributed by atoms with Gasteiger partial charge in [0, 0.05) is 12.3 Å². The summed E-state index contributed by atoms with van der Waals surface area (Å²) in [5, 5.41) is 0. The molecule has 3 aromatic carbocycles. The first-order valence-electron chi connectivity index (χ1n) is 9.73. The molecule has 30 heavy (non-hydrogen) atoms. The third kappa shape index (κ3) is 6.31. The van der Waals surface area contributed by atoms with Crippen LogP contribution in [0.4, 0.5) is 0 Å². The molecule has 156 valence electrons. The highest BCUT2D eigenvalue weighted by Crippen LogP contribution is 2.32. The summed E-state index contributed by atoms with van der Waals surface area (Å²) >= 11 is 0. The standard InChI is InChI=1S/C23H22O2.C3H6O2/c1-17-9-11-19(12-10-17)23(2,3)20-13-15-21(16-14-20)25-22(24)18-7-5-4-6-8-18;1-3(4)5-2/h4-16H,1-3H3;1-2H3. The summed E-state index contributed by atoms with van der Waals surface area (Å²) < 4.78 is 9.56. The van der Waals surface area contributed by atoms with Crippen molar-refractivity contribution >= 4 is 11.9 Å². The minimum atomic E-state index is -0.342. The molecule has 0 atom stereocenters. The Morgan fingerprint density at radius 2 is 1.23 bits per heavy atom. The molecule has 0 unspecified atom stereocenters. The van der Waals surface area contributed by atoms with E-state index in [1.807, 2.05) is 42.5 Å². The number of carbonyl (C=O) groups excluding carboxylic acids is 2. The lowest BCUT2D eigenvalue weighted by Gasteiger charge is -2.26. The summed E-state index contributed by atoms with van der Waals surface area (Å²) in [6.07, 6.45) is 0. The minimum Gasteiger partial charge on any atom is -0.469 e. The van der Waals surface area contributed by atoms with Crippen molar-refractivity contribution in [2.24, 2.45) is 0 Å². The highest BCUT2D eigenvalue weighted by atomic mass is 16.5. The average Bonchev–Trinajstić information content (AvgIpc) is 2.75. The maximum absolute atomic E-state index is 12.1. The van der Waals surface area contributed by atoms with Crippen molar-refractivity contribution in [2.45, 2.75) is 33.1 Å². The van der Waals surface area contributed by atoms with Crippen molar-refractivity contribution in [2.75, 3.05) is 7.11 Å². The predicted octanol–water partition coefficient (Wildman–Crippen LogP) is 5.72.